The predicted molar refractivity (Wildman–Crippen MR) is 96.1 cm³/mol. The fourth-order valence-corrected chi connectivity index (χ4v) is 3.71. The van der Waals surface area contributed by atoms with Gasteiger partial charge in [-0.15, -0.1) is 0 Å². The van der Waals surface area contributed by atoms with Crippen molar-refractivity contribution >= 4 is 5.91 Å². The molecule has 2 aromatic rings. The Bertz CT molecular complexity index is 748. The lowest BCUT2D eigenvalue weighted by molar-refractivity contribution is -0.00936. The maximum atomic E-state index is 13.1. The molecule has 2 atom stereocenters. The van der Waals surface area contributed by atoms with Crippen LogP contribution >= 0.6 is 0 Å². The van der Waals surface area contributed by atoms with Gasteiger partial charge >= 0.3 is 0 Å². The Balaban J connectivity index is 1.52. The van der Waals surface area contributed by atoms with Crippen molar-refractivity contribution < 1.29 is 13.9 Å². The van der Waals surface area contributed by atoms with Crippen molar-refractivity contribution in [2.75, 3.05) is 32.8 Å². The van der Waals surface area contributed by atoms with Gasteiger partial charge in [0, 0.05) is 25.7 Å². The monoisotopic (exact) mass is 358 g/mol. The van der Waals surface area contributed by atoms with E-state index in [1.807, 2.05) is 34.0 Å². The van der Waals surface area contributed by atoms with E-state index in [0.717, 1.165) is 43.9 Å². The van der Waals surface area contributed by atoms with Crippen LogP contribution in [-0.2, 0) is 11.2 Å². The van der Waals surface area contributed by atoms with Gasteiger partial charge in [-0.25, -0.2) is 0 Å². The van der Waals surface area contributed by atoms with E-state index in [0.29, 0.717) is 31.5 Å². The first-order chi connectivity index (χ1) is 12.8. The minimum absolute atomic E-state index is 0.0599. The van der Waals surface area contributed by atoms with E-state index in [-0.39, 0.29) is 11.9 Å². The van der Waals surface area contributed by atoms with Crippen molar-refractivity contribution in [1.29, 1.82) is 0 Å². The molecule has 26 heavy (non-hydrogen) atoms. The van der Waals surface area contributed by atoms with Crippen LogP contribution in [-0.4, -0.2) is 53.4 Å². The van der Waals surface area contributed by atoms with Crippen molar-refractivity contribution in [3.63, 3.8) is 0 Å². The number of aromatic nitrogens is 2. The number of nitrogens with zero attached hydrogens (tertiary/aromatic N) is 3. The van der Waals surface area contributed by atoms with Gasteiger partial charge in [0.05, 0.1) is 19.3 Å². The third-order valence-corrected chi connectivity index (χ3v) is 5.22. The lowest BCUT2D eigenvalue weighted by Crippen LogP contribution is -2.43. The largest absolute Gasteiger partial charge is 0.464 e. The van der Waals surface area contributed by atoms with E-state index in [1.54, 1.807) is 0 Å². The summed E-state index contributed by atoms with van der Waals surface area (Å²) in [4.78, 5) is 14.9. The van der Waals surface area contributed by atoms with Gasteiger partial charge in [-0.1, -0.05) is 6.92 Å². The summed E-state index contributed by atoms with van der Waals surface area (Å²) in [6, 6.07) is 5.87. The topological polar surface area (TPSA) is 72.5 Å². The number of nitrogens with one attached hydrogen (secondary N) is 1. The molecule has 4 heterocycles. The number of aryl methyl sites for hydroxylation is 1. The third kappa shape index (κ3) is 3.41. The fraction of sp³-hybridized carbons (Fsp3) is 0.579. The summed E-state index contributed by atoms with van der Waals surface area (Å²) < 4.78 is 13.4. The molecule has 0 saturated carbocycles. The van der Waals surface area contributed by atoms with Crippen molar-refractivity contribution in [3.05, 3.63) is 41.6 Å². The molecule has 0 aromatic carbocycles. The molecule has 7 nitrogen and oxygen atoms in total. The average molecular weight is 358 g/mol. The molecule has 0 spiro atoms. The van der Waals surface area contributed by atoms with Gasteiger partial charge in [-0.3, -0.25) is 9.48 Å². The zero-order chi connectivity index (χ0) is 17.9. The molecule has 4 rings (SSSR count). The Morgan fingerprint density at radius 3 is 3.08 bits per heavy atom. The standard InChI is InChI=1S/C19H26N4O3/c1-2-15-5-6-18(26-15)17-13-25-11-10-22(17)19(24)16-7-9-23(21-16)14-4-3-8-20-12-14/h5-7,9,14,17,20H,2-4,8,10-13H2,1H3. The van der Waals surface area contributed by atoms with Gasteiger partial charge in [0.1, 0.15) is 23.3 Å². The molecular formula is C19H26N4O3. The van der Waals surface area contributed by atoms with Crippen LogP contribution < -0.4 is 5.32 Å². The molecule has 0 radical (unpaired) electrons. The molecule has 2 aromatic heterocycles. The second kappa shape index (κ2) is 7.63. The number of furan rings is 1. The van der Waals surface area contributed by atoms with Gasteiger partial charge < -0.3 is 19.4 Å². The molecule has 0 bridgehead atoms. The summed E-state index contributed by atoms with van der Waals surface area (Å²) in [5.41, 5.74) is 0.491. The number of ether oxygens (including phenoxy) is 1. The Labute approximate surface area is 153 Å². The van der Waals surface area contributed by atoms with Crippen LogP contribution in [0.2, 0.25) is 0 Å². The second-order valence-corrected chi connectivity index (χ2v) is 6.93. The van der Waals surface area contributed by atoms with Crippen LogP contribution in [0.1, 0.15) is 53.9 Å². The highest BCUT2D eigenvalue weighted by atomic mass is 16.5. The Kier molecular flexibility index (Phi) is 5.08. The van der Waals surface area contributed by atoms with E-state index < -0.39 is 0 Å². The van der Waals surface area contributed by atoms with Gasteiger partial charge in [-0.2, -0.15) is 5.10 Å². The number of carbonyl (C=O) groups excluding carboxylic acids is 1. The van der Waals surface area contributed by atoms with Crippen LogP contribution in [0.25, 0.3) is 0 Å². The summed E-state index contributed by atoms with van der Waals surface area (Å²) in [6.07, 6.45) is 4.98. The van der Waals surface area contributed by atoms with Crippen LogP contribution in [0.15, 0.2) is 28.8 Å². The zero-order valence-corrected chi connectivity index (χ0v) is 15.2. The van der Waals surface area contributed by atoms with Gasteiger partial charge in [0.2, 0.25) is 0 Å². The number of hydrogen-bond donors (Lipinski definition) is 1. The molecule has 1 N–H and O–H groups in total. The summed E-state index contributed by atoms with van der Waals surface area (Å²) in [6.45, 7) is 5.55. The third-order valence-electron chi connectivity index (χ3n) is 5.22. The number of amides is 1. The summed E-state index contributed by atoms with van der Waals surface area (Å²) in [5.74, 6) is 1.65. The highest BCUT2D eigenvalue weighted by Crippen LogP contribution is 2.28. The minimum atomic E-state index is -0.196. The quantitative estimate of drug-likeness (QED) is 0.907. The van der Waals surface area contributed by atoms with E-state index in [1.165, 1.54) is 0 Å². The van der Waals surface area contributed by atoms with Crippen LogP contribution in [0.3, 0.4) is 0 Å². The van der Waals surface area contributed by atoms with Gasteiger partial charge in [0.15, 0.2) is 0 Å². The van der Waals surface area contributed by atoms with Gasteiger partial charge in [0.25, 0.3) is 5.91 Å². The van der Waals surface area contributed by atoms with Crippen LogP contribution in [0, 0.1) is 0 Å². The number of piperidine rings is 1. The molecule has 1 amide bonds. The first kappa shape index (κ1) is 17.3. The Hall–Kier alpha value is -2.12. The maximum Gasteiger partial charge on any atom is 0.275 e. The predicted octanol–water partition coefficient (Wildman–Crippen LogP) is 2.18. The van der Waals surface area contributed by atoms with E-state index in [2.05, 4.69) is 17.3 Å². The molecule has 2 saturated heterocycles. The second-order valence-electron chi connectivity index (χ2n) is 6.93. The van der Waals surface area contributed by atoms with E-state index >= 15 is 0 Å². The fourth-order valence-electron chi connectivity index (χ4n) is 3.71. The van der Waals surface area contributed by atoms with E-state index in [4.69, 9.17) is 9.15 Å². The SMILES string of the molecule is CCc1ccc(C2COCCN2C(=O)c2ccn(C3CCCNC3)n2)o1. The van der Waals surface area contributed by atoms with Crippen molar-refractivity contribution in [3.8, 4) is 0 Å². The van der Waals surface area contributed by atoms with Crippen molar-refractivity contribution in [2.45, 2.75) is 38.3 Å². The molecule has 140 valence electrons. The maximum absolute atomic E-state index is 13.1. The molecule has 2 aliphatic rings. The zero-order valence-electron chi connectivity index (χ0n) is 15.2. The Morgan fingerprint density at radius 1 is 1.38 bits per heavy atom. The number of rotatable bonds is 4. The van der Waals surface area contributed by atoms with Gasteiger partial charge in [-0.05, 0) is 37.6 Å². The minimum Gasteiger partial charge on any atom is -0.464 e. The van der Waals surface area contributed by atoms with Crippen LogP contribution in [0.5, 0.6) is 0 Å². The lowest BCUT2D eigenvalue weighted by Gasteiger charge is -2.34. The van der Waals surface area contributed by atoms with Crippen molar-refractivity contribution in [1.82, 2.24) is 20.0 Å². The summed E-state index contributed by atoms with van der Waals surface area (Å²) in [7, 11) is 0. The molecule has 2 aliphatic heterocycles. The molecule has 2 fully saturated rings. The molecule has 7 heteroatoms. The summed E-state index contributed by atoms with van der Waals surface area (Å²) >= 11 is 0. The number of hydrogen-bond acceptors (Lipinski definition) is 5. The molecule has 0 aliphatic carbocycles. The first-order valence-electron chi connectivity index (χ1n) is 9.49. The summed E-state index contributed by atoms with van der Waals surface area (Å²) in [5, 5.41) is 7.96. The molecule has 2 unspecified atom stereocenters. The number of carbonyl (C=O) groups is 1. The number of morpholine rings is 1. The van der Waals surface area contributed by atoms with Crippen molar-refractivity contribution in [2.24, 2.45) is 0 Å². The highest BCUT2D eigenvalue weighted by Gasteiger charge is 2.32. The Morgan fingerprint density at radius 2 is 2.31 bits per heavy atom. The first-order valence-corrected chi connectivity index (χ1v) is 9.49. The lowest BCUT2D eigenvalue weighted by atomic mass is 10.1. The van der Waals surface area contributed by atoms with E-state index in [9.17, 15) is 4.79 Å². The smallest absolute Gasteiger partial charge is 0.275 e. The normalized spacial score (nSPS) is 24.0. The van der Waals surface area contributed by atoms with Crippen LogP contribution in [0.4, 0.5) is 0 Å². The highest BCUT2D eigenvalue weighted by molar-refractivity contribution is 5.92. The average Bonchev–Trinajstić information content (AvgIpc) is 3.38. The molecular weight excluding hydrogens is 332 g/mol.